The summed E-state index contributed by atoms with van der Waals surface area (Å²) in [7, 11) is 0. The van der Waals surface area contributed by atoms with Gasteiger partial charge in [0.25, 0.3) is 5.56 Å². The summed E-state index contributed by atoms with van der Waals surface area (Å²) in [5.41, 5.74) is 0.338. The van der Waals surface area contributed by atoms with Gasteiger partial charge in [-0.2, -0.15) is 0 Å². The summed E-state index contributed by atoms with van der Waals surface area (Å²) in [6.07, 6.45) is 1.64. The van der Waals surface area contributed by atoms with Gasteiger partial charge in [0.15, 0.2) is 0 Å². The number of halogens is 1. The molecule has 3 rings (SSSR count). The number of carbonyl (C=O) groups is 1. The van der Waals surface area contributed by atoms with Crippen LogP contribution in [0.2, 0.25) is 5.02 Å². The van der Waals surface area contributed by atoms with E-state index in [1.165, 1.54) is 4.57 Å². The lowest BCUT2D eigenvalue weighted by atomic mass is 10.1. The van der Waals surface area contributed by atoms with Gasteiger partial charge in [-0.05, 0) is 36.6 Å². The average Bonchev–Trinajstić information content (AvgIpc) is 2.57. The smallest absolute Gasteiger partial charge is 0.259 e. The maximum absolute atomic E-state index is 12.6. The number of pyridine rings is 1. The Morgan fingerprint density at radius 3 is 2.57 bits per heavy atom. The molecule has 3 aromatic rings. The predicted octanol–water partition coefficient (Wildman–Crippen LogP) is 3.85. The van der Waals surface area contributed by atoms with Crippen LogP contribution < -0.4 is 10.9 Å². The van der Waals surface area contributed by atoms with Crippen LogP contribution in [0.3, 0.4) is 0 Å². The maximum atomic E-state index is 12.6. The minimum atomic E-state index is -0.650. The van der Waals surface area contributed by atoms with E-state index in [2.05, 4.69) is 5.32 Å². The normalized spacial score (nSPS) is 12.1. The summed E-state index contributed by atoms with van der Waals surface area (Å²) in [5.74, 6) is -0.296. The van der Waals surface area contributed by atoms with Crippen molar-refractivity contribution in [1.82, 2.24) is 4.57 Å². The Morgan fingerprint density at radius 1 is 1.09 bits per heavy atom. The van der Waals surface area contributed by atoms with Gasteiger partial charge in [0, 0.05) is 11.6 Å². The Labute approximate surface area is 138 Å². The van der Waals surface area contributed by atoms with E-state index in [0.29, 0.717) is 16.1 Å². The van der Waals surface area contributed by atoms with Crippen LogP contribution in [-0.4, -0.2) is 10.5 Å². The highest BCUT2D eigenvalue weighted by atomic mass is 35.5. The zero-order valence-electron chi connectivity index (χ0n) is 12.5. The molecule has 5 heteroatoms. The van der Waals surface area contributed by atoms with Gasteiger partial charge >= 0.3 is 0 Å². The fourth-order valence-corrected chi connectivity index (χ4v) is 2.62. The molecule has 0 saturated heterocycles. The monoisotopic (exact) mass is 326 g/mol. The van der Waals surface area contributed by atoms with Crippen LogP contribution >= 0.6 is 11.6 Å². The lowest BCUT2D eigenvalue weighted by Gasteiger charge is -2.16. The third-order valence-corrected chi connectivity index (χ3v) is 4.10. The van der Waals surface area contributed by atoms with E-state index in [-0.39, 0.29) is 11.5 Å². The van der Waals surface area contributed by atoms with Crippen molar-refractivity contribution in [3.05, 3.63) is 76.2 Å². The molecular formula is C18H15ClN2O2. The van der Waals surface area contributed by atoms with E-state index < -0.39 is 6.04 Å². The first-order chi connectivity index (χ1) is 11.1. The molecule has 0 aliphatic carbocycles. The van der Waals surface area contributed by atoms with Crippen LogP contribution in [0, 0.1) is 0 Å². The molecule has 0 aliphatic heterocycles. The highest BCUT2D eigenvalue weighted by Gasteiger charge is 2.17. The van der Waals surface area contributed by atoms with Gasteiger partial charge in [0.2, 0.25) is 5.91 Å². The summed E-state index contributed by atoms with van der Waals surface area (Å²) in [6.45, 7) is 1.68. The standard InChI is InChI=1S/C18H15ClN2O2/c1-12(17(22)20-16-9-5-4-8-15(16)19)21-11-10-13-6-2-3-7-14(13)18(21)23/h2-12H,1H3,(H,20,22). The highest BCUT2D eigenvalue weighted by Crippen LogP contribution is 2.21. The average molecular weight is 327 g/mol. The fourth-order valence-electron chi connectivity index (χ4n) is 2.44. The molecule has 1 heterocycles. The molecule has 4 nitrogen and oxygen atoms in total. The lowest BCUT2D eigenvalue weighted by molar-refractivity contribution is -0.118. The van der Waals surface area contributed by atoms with E-state index >= 15 is 0 Å². The van der Waals surface area contributed by atoms with E-state index in [1.54, 1.807) is 43.5 Å². The molecule has 2 aromatic carbocycles. The molecule has 0 fully saturated rings. The van der Waals surface area contributed by atoms with Crippen molar-refractivity contribution < 1.29 is 4.79 Å². The van der Waals surface area contributed by atoms with Gasteiger partial charge in [-0.1, -0.05) is 41.9 Å². The quantitative estimate of drug-likeness (QED) is 0.794. The first kappa shape index (κ1) is 15.3. The van der Waals surface area contributed by atoms with Crippen LogP contribution in [0.1, 0.15) is 13.0 Å². The van der Waals surface area contributed by atoms with E-state index in [1.807, 2.05) is 24.3 Å². The van der Waals surface area contributed by atoms with Crippen molar-refractivity contribution in [2.45, 2.75) is 13.0 Å². The SMILES string of the molecule is CC(C(=O)Nc1ccccc1Cl)n1ccc2ccccc2c1=O. The van der Waals surface area contributed by atoms with E-state index in [4.69, 9.17) is 11.6 Å². The van der Waals surface area contributed by atoms with Crippen molar-refractivity contribution in [2.24, 2.45) is 0 Å². The number of hydrogen-bond acceptors (Lipinski definition) is 2. The number of aromatic nitrogens is 1. The number of rotatable bonds is 3. The minimum absolute atomic E-state index is 0.190. The Balaban J connectivity index is 1.92. The lowest BCUT2D eigenvalue weighted by Crippen LogP contribution is -2.31. The maximum Gasteiger partial charge on any atom is 0.259 e. The third-order valence-electron chi connectivity index (χ3n) is 3.77. The molecule has 1 N–H and O–H groups in total. The van der Waals surface area contributed by atoms with Gasteiger partial charge in [0.1, 0.15) is 6.04 Å². The first-order valence-corrected chi connectivity index (χ1v) is 7.61. The van der Waals surface area contributed by atoms with E-state index in [9.17, 15) is 9.59 Å². The van der Waals surface area contributed by atoms with Crippen molar-refractivity contribution in [3.8, 4) is 0 Å². The van der Waals surface area contributed by atoms with Gasteiger partial charge in [-0.3, -0.25) is 9.59 Å². The summed E-state index contributed by atoms with van der Waals surface area (Å²) in [5, 5.41) is 4.65. The molecule has 23 heavy (non-hydrogen) atoms. The fraction of sp³-hybridized carbons (Fsp3) is 0.111. The van der Waals surface area contributed by atoms with Crippen molar-refractivity contribution >= 4 is 34.0 Å². The molecule has 0 saturated carbocycles. The van der Waals surface area contributed by atoms with Gasteiger partial charge < -0.3 is 9.88 Å². The molecule has 1 unspecified atom stereocenters. The second-order valence-corrected chi connectivity index (χ2v) is 5.67. The van der Waals surface area contributed by atoms with Crippen LogP contribution in [0.15, 0.2) is 65.6 Å². The topological polar surface area (TPSA) is 51.1 Å². The summed E-state index contributed by atoms with van der Waals surface area (Å²) < 4.78 is 1.43. The number of fused-ring (bicyclic) bond motifs is 1. The summed E-state index contributed by atoms with van der Waals surface area (Å²) >= 11 is 6.05. The highest BCUT2D eigenvalue weighted by molar-refractivity contribution is 6.33. The first-order valence-electron chi connectivity index (χ1n) is 7.23. The number of amides is 1. The molecule has 116 valence electrons. The second kappa shape index (κ2) is 6.26. The zero-order valence-corrected chi connectivity index (χ0v) is 13.2. The Kier molecular flexibility index (Phi) is 4.17. The van der Waals surface area contributed by atoms with Gasteiger partial charge in [-0.25, -0.2) is 0 Å². The second-order valence-electron chi connectivity index (χ2n) is 5.26. The van der Waals surface area contributed by atoms with Crippen LogP contribution in [0.25, 0.3) is 10.8 Å². The third kappa shape index (κ3) is 2.98. The Hall–Kier alpha value is -2.59. The molecule has 0 radical (unpaired) electrons. The number of nitrogens with zero attached hydrogens (tertiary/aromatic N) is 1. The van der Waals surface area contributed by atoms with Gasteiger partial charge in [-0.15, -0.1) is 0 Å². The number of hydrogen-bond donors (Lipinski definition) is 1. The summed E-state index contributed by atoms with van der Waals surface area (Å²) in [4.78, 5) is 25.0. The Morgan fingerprint density at radius 2 is 1.78 bits per heavy atom. The molecule has 1 atom stereocenters. The number of benzene rings is 2. The number of para-hydroxylation sites is 1. The van der Waals surface area contributed by atoms with Crippen molar-refractivity contribution in [1.29, 1.82) is 0 Å². The molecule has 1 amide bonds. The van der Waals surface area contributed by atoms with Crippen molar-refractivity contribution in [2.75, 3.05) is 5.32 Å². The Bertz CT molecular complexity index is 933. The van der Waals surface area contributed by atoms with Crippen LogP contribution in [0.4, 0.5) is 5.69 Å². The van der Waals surface area contributed by atoms with Crippen LogP contribution in [0.5, 0.6) is 0 Å². The van der Waals surface area contributed by atoms with Crippen LogP contribution in [-0.2, 0) is 4.79 Å². The molecule has 1 aromatic heterocycles. The molecule has 0 spiro atoms. The molecule has 0 bridgehead atoms. The van der Waals surface area contributed by atoms with Gasteiger partial charge in [0.05, 0.1) is 10.7 Å². The van der Waals surface area contributed by atoms with Crippen molar-refractivity contribution in [3.63, 3.8) is 0 Å². The number of anilines is 1. The predicted molar refractivity (Wildman–Crippen MR) is 93.0 cm³/mol. The number of carbonyl (C=O) groups excluding carboxylic acids is 1. The summed E-state index contributed by atoms with van der Waals surface area (Å²) in [6, 6.07) is 15.5. The molecule has 0 aliphatic rings. The number of nitrogens with one attached hydrogen (secondary N) is 1. The minimum Gasteiger partial charge on any atom is -0.323 e. The zero-order chi connectivity index (χ0) is 16.4. The molecular weight excluding hydrogens is 312 g/mol. The largest absolute Gasteiger partial charge is 0.323 e. The van der Waals surface area contributed by atoms with E-state index in [0.717, 1.165) is 5.39 Å².